The summed E-state index contributed by atoms with van der Waals surface area (Å²) in [5.41, 5.74) is 0. The lowest BCUT2D eigenvalue weighted by Gasteiger charge is -1.92. The molecule has 2 aromatic rings. The summed E-state index contributed by atoms with van der Waals surface area (Å²) in [7, 11) is 0. The van der Waals surface area contributed by atoms with Crippen molar-refractivity contribution in [2.75, 3.05) is 6.54 Å². The molecule has 0 saturated heterocycles. The summed E-state index contributed by atoms with van der Waals surface area (Å²) in [5, 5.41) is 6.95. The second kappa shape index (κ2) is 4.27. The summed E-state index contributed by atoms with van der Waals surface area (Å²) in [6, 6.07) is 3.68. The third kappa shape index (κ3) is 2.24. The first-order valence-electron chi connectivity index (χ1n) is 4.89. The van der Waals surface area contributed by atoms with E-state index in [4.69, 9.17) is 8.94 Å². The van der Waals surface area contributed by atoms with Crippen LogP contribution in [0.25, 0.3) is 11.7 Å². The molecule has 0 radical (unpaired) electrons. The SMILES string of the molecule is CCNCc1noc(-c2ccc(C)o2)n1. The first kappa shape index (κ1) is 9.92. The zero-order valence-electron chi connectivity index (χ0n) is 8.78. The Hall–Kier alpha value is -1.62. The number of hydrogen-bond acceptors (Lipinski definition) is 5. The zero-order chi connectivity index (χ0) is 10.7. The van der Waals surface area contributed by atoms with Gasteiger partial charge in [-0.25, -0.2) is 0 Å². The van der Waals surface area contributed by atoms with Gasteiger partial charge in [-0.05, 0) is 25.6 Å². The quantitative estimate of drug-likeness (QED) is 0.827. The van der Waals surface area contributed by atoms with E-state index in [2.05, 4.69) is 15.5 Å². The van der Waals surface area contributed by atoms with E-state index in [-0.39, 0.29) is 0 Å². The van der Waals surface area contributed by atoms with Gasteiger partial charge in [0.05, 0.1) is 6.54 Å². The van der Waals surface area contributed by atoms with Gasteiger partial charge in [0.2, 0.25) is 0 Å². The molecule has 0 atom stereocenters. The smallest absolute Gasteiger partial charge is 0.293 e. The van der Waals surface area contributed by atoms with Crippen molar-refractivity contribution >= 4 is 0 Å². The highest BCUT2D eigenvalue weighted by Gasteiger charge is 2.11. The largest absolute Gasteiger partial charge is 0.456 e. The van der Waals surface area contributed by atoms with Crippen LogP contribution in [-0.4, -0.2) is 16.7 Å². The van der Waals surface area contributed by atoms with Crippen molar-refractivity contribution in [2.45, 2.75) is 20.4 Å². The van der Waals surface area contributed by atoms with Crippen LogP contribution >= 0.6 is 0 Å². The summed E-state index contributed by atoms with van der Waals surface area (Å²) < 4.78 is 10.4. The molecule has 15 heavy (non-hydrogen) atoms. The first-order chi connectivity index (χ1) is 7.29. The fourth-order valence-corrected chi connectivity index (χ4v) is 1.21. The highest BCUT2D eigenvalue weighted by atomic mass is 16.5. The Labute approximate surface area is 87.5 Å². The molecule has 0 amide bonds. The topological polar surface area (TPSA) is 64.1 Å². The fraction of sp³-hybridized carbons (Fsp3) is 0.400. The van der Waals surface area contributed by atoms with Crippen LogP contribution in [0.15, 0.2) is 21.1 Å². The van der Waals surface area contributed by atoms with E-state index in [1.165, 1.54) is 0 Å². The lowest BCUT2D eigenvalue weighted by Crippen LogP contribution is -2.12. The molecule has 0 spiro atoms. The first-order valence-corrected chi connectivity index (χ1v) is 4.89. The van der Waals surface area contributed by atoms with E-state index in [1.54, 1.807) is 0 Å². The molecule has 2 aromatic heterocycles. The minimum absolute atomic E-state index is 0.427. The van der Waals surface area contributed by atoms with Crippen molar-refractivity contribution in [1.29, 1.82) is 0 Å². The minimum atomic E-state index is 0.427. The van der Waals surface area contributed by atoms with Crippen LogP contribution in [0.2, 0.25) is 0 Å². The maximum Gasteiger partial charge on any atom is 0.293 e. The molecule has 0 aliphatic rings. The summed E-state index contributed by atoms with van der Waals surface area (Å²) in [6.07, 6.45) is 0. The van der Waals surface area contributed by atoms with E-state index < -0.39 is 0 Å². The van der Waals surface area contributed by atoms with Gasteiger partial charge in [-0.15, -0.1) is 0 Å². The predicted molar refractivity (Wildman–Crippen MR) is 54.1 cm³/mol. The molecule has 0 saturated carbocycles. The number of aryl methyl sites for hydroxylation is 1. The van der Waals surface area contributed by atoms with Gasteiger partial charge in [-0.1, -0.05) is 12.1 Å². The molecule has 2 rings (SSSR count). The average molecular weight is 207 g/mol. The van der Waals surface area contributed by atoms with Gasteiger partial charge in [0, 0.05) is 0 Å². The molecular weight excluding hydrogens is 194 g/mol. The molecule has 0 bridgehead atoms. The lowest BCUT2D eigenvalue weighted by atomic mass is 10.4. The number of aromatic nitrogens is 2. The van der Waals surface area contributed by atoms with Crippen molar-refractivity contribution < 1.29 is 8.94 Å². The van der Waals surface area contributed by atoms with Crippen LogP contribution < -0.4 is 5.32 Å². The van der Waals surface area contributed by atoms with E-state index in [9.17, 15) is 0 Å². The van der Waals surface area contributed by atoms with Crippen molar-refractivity contribution in [3.05, 3.63) is 23.7 Å². The Kier molecular flexibility index (Phi) is 2.82. The Morgan fingerprint density at radius 2 is 2.27 bits per heavy atom. The number of nitrogens with zero attached hydrogens (tertiary/aromatic N) is 2. The molecule has 0 aliphatic heterocycles. The van der Waals surface area contributed by atoms with Crippen LogP contribution in [0.4, 0.5) is 0 Å². The number of rotatable bonds is 4. The summed E-state index contributed by atoms with van der Waals surface area (Å²) >= 11 is 0. The van der Waals surface area contributed by atoms with Gasteiger partial charge >= 0.3 is 0 Å². The summed E-state index contributed by atoms with van der Waals surface area (Å²) in [6.45, 7) is 5.39. The third-order valence-electron chi connectivity index (χ3n) is 1.95. The molecule has 80 valence electrons. The van der Waals surface area contributed by atoms with Crippen LogP contribution in [0.1, 0.15) is 18.5 Å². The van der Waals surface area contributed by atoms with E-state index in [0.717, 1.165) is 12.3 Å². The van der Waals surface area contributed by atoms with Gasteiger partial charge in [0.15, 0.2) is 11.6 Å². The van der Waals surface area contributed by atoms with E-state index in [1.807, 2.05) is 26.0 Å². The van der Waals surface area contributed by atoms with Crippen molar-refractivity contribution in [2.24, 2.45) is 0 Å². The van der Waals surface area contributed by atoms with E-state index in [0.29, 0.717) is 24.0 Å². The highest BCUT2D eigenvalue weighted by Crippen LogP contribution is 2.19. The van der Waals surface area contributed by atoms with Gasteiger partial charge < -0.3 is 14.3 Å². The predicted octanol–water partition coefficient (Wildman–Crippen LogP) is 1.75. The zero-order valence-corrected chi connectivity index (χ0v) is 8.78. The van der Waals surface area contributed by atoms with Crippen LogP contribution in [0, 0.1) is 6.92 Å². The number of nitrogens with one attached hydrogen (secondary N) is 1. The van der Waals surface area contributed by atoms with Crippen LogP contribution in [-0.2, 0) is 6.54 Å². The Morgan fingerprint density at radius 1 is 1.40 bits per heavy atom. The Morgan fingerprint density at radius 3 is 2.93 bits per heavy atom. The van der Waals surface area contributed by atoms with Crippen LogP contribution in [0.3, 0.4) is 0 Å². The third-order valence-corrected chi connectivity index (χ3v) is 1.95. The number of hydrogen-bond donors (Lipinski definition) is 1. The molecule has 5 nitrogen and oxygen atoms in total. The molecule has 5 heteroatoms. The van der Waals surface area contributed by atoms with Gasteiger partial charge in [-0.3, -0.25) is 0 Å². The molecule has 0 aliphatic carbocycles. The van der Waals surface area contributed by atoms with Crippen molar-refractivity contribution in [1.82, 2.24) is 15.5 Å². The maximum absolute atomic E-state index is 5.37. The second-order valence-electron chi connectivity index (χ2n) is 3.21. The average Bonchev–Trinajstić information content (AvgIpc) is 2.83. The van der Waals surface area contributed by atoms with Crippen LogP contribution in [0.5, 0.6) is 0 Å². The standard InChI is InChI=1S/C10H13N3O2/c1-3-11-6-9-12-10(15-13-9)8-5-4-7(2)14-8/h4-5,11H,3,6H2,1-2H3. The minimum Gasteiger partial charge on any atom is -0.456 e. The monoisotopic (exact) mass is 207 g/mol. The molecular formula is C10H13N3O2. The molecule has 0 fully saturated rings. The molecule has 1 N–H and O–H groups in total. The lowest BCUT2D eigenvalue weighted by molar-refractivity contribution is 0.404. The maximum atomic E-state index is 5.37. The van der Waals surface area contributed by atoms with Gasteiger partial charge in [-0.2, -0.15) is 4.98 Å². The second-order valence-corrected chi connectivity index (χ2v) is 3.21. The normalized spacial score (nSPS) is 10.8. The van der Waals surface area contributed by atoms with Gasteiger partial charge in [0.25, 0.3) is 5.89 Å². The molecule has 0 aromatic carbocycles. The van der Waals surface area contributed by atoms with E-state index >= 15 is 0 Å². The highest BCUT2D eigenvalue weighted by molar-refractivity contribution is 5.43. The summed E-state index contributed by atoms with van der Waals surface area (Å²) in [5.74, 6) is 2.51. The Bertz CT molecular complexity index is 433. The van der Waals surface area contributed by atoms with Crippen molar-refractivity contribution in [3.8, 4) is 11.7 Å². The fourth-order valence-electron chi connectivity index (χ4n) is 1.21. The van der Waals surface area contributed by atoms with Gasteiger partial charge in [0.1, 0.15) is 5.76 Å². The summed E-state index contributed by atoms with van der Waals surface area (Å²) in [4.78, 5) is 4.20. The Balaban J connectivity index is 2.13. The molecule has 0 unspecified atom stereocenters. The number of furan rings is 1. The molecule has 2 heterocycles. The van der Waals surface area contributed by atoms with Crippen molar-refractivity contribution in [3.63, 3.8) is 0 Å².